The molecule has 0 aliphatic carbocycles. The molecule has 0 saturated carbocycles. The molecule has 0 bridgehead atoms. The Morgan fingerprint density at radius 1 is 1.06 bits per heavy atom. The van der Waals surface area contributed by atoms with Gasteiger partial charge in [0.25, 0.3) is 5.91 Å². The SMILES string of the molecule is O=C(NCc1ccc(C(F)(F)F)cn1)c1ccc2[nH]c(Nc3c(Cl)cccc3Cl)nc2c1. The second-order valence-electron chi connectivity index (χ2n) is 6.76. The molecule has 32 heavy (non-hydrogen) atoms. The Hall–Kier alpha value is -3.30. The van der Waals surface area contributed by atoms with E-state index >= 15 is 0 Å². The van der Waals surface area contributed by atoms with Crippen LogP contribution in [0.2, 0.25) is 10.0 Å². The van der Waals surface area contributed by atoms with E-state index in [1.54, 1.807) is 36.4 Å². The van der Waals surface area contributed by atoms with E-state index in [0.717, 1.165) is 12.3 Å². The number of H-pyrrole nitrogens is 1. The molecule has 2 aromatic heterocycles. The summed E-state index contributed by atoms with van der Waals surface area (Å²) in [6.45, 7) is -0.0205. The van der Waals surface area contributed by atoms with Crippen molar-refractivity contribution in [2.45, 2.75) is 12.7 Å². The number of hydrogen-bond donors (Lipinski definition) is 3. The molecule has 0 aliphatic rings. The maximum absolute atomic E-state index is 12.6. The summed E-state index contributed by atoms with van der Waals surface area (Å²) in [5, 5.41) is 6.50. The fourth-order valence-electron chi connectivity index (χ4n) is 2.91. The smallest absolute Gasteiger partial charge is 0.346 e. The molecule has 4 aromatic rings. The summed E-state index contributed by atoms with van der Waals surface area (Å²) in [5.74, 6) is -0.0261. The van der Waals surface area contributed by atoms with Crippen molar-refractivity contribution in [3.8, 4) is 0 Å². The number of nitrogens with one attached hydrogen (secondary N) is 3. The fraction of sp³-hybridized carbons (Fsp3) is 0.0952. The van der Waals surface area contributed by atoms with Crippen LogP contribution in [0.4, 0.5) is 24.8 Å². The Morgan fingerprint density at radius 2 is 1.81 bits per heavy atom. The third-order valence-corrected chi connectivity index (χ3v) is 5.16. The molecule has 4 rings (SSSR count). The lowest BCUT2D eigenvalue weighted by Crippen LogP contribution is -2.23. The minimum atomic E-state index is -4.46. The number of amides is 1. The first kappa shape index (κ1) is 21.9. The number of halogens is 5. The van der Waals surface area contributed by atoms with Crippen molar-refractivity contribution in [2.75, 3.05) is 5.32 Å². The van der Waals surface area contributed by atoms with Crippen molar-refractivity contribution >= 4 is 51.8 Å². The molecule has 2 heterocycles. The molecular formula is C21H14Cl2F3N5O. The Morgan fingerprint density at radius 3 is 2.47 bits per heavy atom. The van der Waals surface area contributed by atoms with E-state index in [2.05, 4.69) is 25.6 Å². The van der Waals surface area contributed by atoms with E-state index in [0.29, 0.717) is 44.0 Å². The lowest BCUT2D eigenvalue weighted by molar-refractivity contribution is -0.137. The van der Waals surface area contributed by atoms with Gasteiger partial charge in [0.15, 0.2) is 0 Å². The van der Waals surface area contributed by atoms with Gasteiger partial charge in [-0.05, 0) is 42.5 Å². The number of aromatic amines is 1. The summed E-state index contributed by atoms with van der Waals surface area (Å²) in [7, 11) is 0. The number of fused-ring (bicyclic) bond motifs is 1. The minimum absolute atomic E-state index is 0.0205. The number of rotatable bonds is 5. The van der Waals surface area contributed by atoms with Crippen molar-refractivity contribution < 1.29 is 18.0 Å². The van der Waals surface area contributed by atoms with Crippen molar-refractivity contribution in [1.82, 2.24) is 20.3 Å². The van der Waals surface area contributed by atoms with Gasteiger partial charge in [-0.15, -0.1) is 0 Å². The lowest BCUT2D eigenvalue weighted by Gasteiger charge is -2.08. The summed E-state index contributed by atoms with van der Waals surface area (Å²) in [5.41, 5.74) is 1.48. The first-order valence-electron chi connectivity index (χ1n) is 9.22. The molecule has 0 atom stereocenters. The van der Waals surface area contributed by atoms with Crippen LogP contribution in [0.1, 0.15) is 21.6 Å². The summed E-state index contributed by atoms with van der Waals surface area (Å²) >= 11 is 12.3. The molecule has 0 fully saturated rings. The molecule has 3 N–H and O–H groups in total. The van der Waals surface area contributed by atoms with Crippen LogP contribution in [-0.2, 0) is 12.7 Å². The highest BCUT2D eigenvalue weighted by Gasteiger charge is 2.30. The Bertz CT molecular complexity index is 1270. The molecule has 11 heteroatoms. The van der Waals surface area contributed by atoms with Crippen LogP contribution in [0.3, 0.4) is 0 Å². The number of carbonyl (C=O) groups is 1. The van der Waals surface area contributed by atoms with Crippen LogP contribution in [0.15, 0.2) is 54.7 Å². The second kappa shape index (κ2) is 8.68. The van der Waals surface area contributed by atoms with Crippen LogP contribution >= 0.6 is 23.2 Å². The van der Waals surface area contributed by atoms with Crippen LogP contribution in [-0.4, -0.2) is 20.9 Å². The van der Waals surface area contributed by atoms with E-state index in [-0.39, 0.29) is 6.54 Å². The van der Waals surface area contributed by atoms with Gasteiger partial charge in [-0.25, -0.2) is 4.98 Å². The van der Waals surface area contributed by atoms with Gasteiger partial charge in [0, 0.05) is 11.8 Å². The van der Waals surface area contributed by atoms with E-state index in [1.807, 2.05) is 0 Å². The van der Waals surface area contributed by atoms with Crippen LogP contribution in [0.5, 0.6) is 0 Å². The van der Waals surface area contributed by atoms with Crippen LogP contribution < -0.4 is 10.6 Å². The van der Waals surface area contributed by atoms with Crippen LogP contribution in [0, 0.1) is 0 Å². The molecule has 0 aliphatic heterocycles. The zero-order chi connectivity index (χ0) is 22.9. The number of imidazole rings is 1. The predicted octanol–water partition coefficient (Wildman–Crippen LogP) is 5.96. The Labute approximate surface area is 189 Å². The van der Waals surface area contributed by atoms with Gasteiger partial charge in [0.1, 0.15) is 0 Å². The number of carbonyl (C=O) groups excluding carboxylic acids is 1. The zero-order valence-electron chi connectivity index (χ0n) is 16.1. The maximum atomic E-state index is 12.6. The number of benzene rings is 2. The highest BCUT2D eigenvalue weighted by atomic mass is 35.5. The van der Waals surface area contributed by atoms with E-state index in [1.165, 1.54) is 6.07 Å². The number of pyridine rings is 1. The second-order valence-corrected chi connectivity index (χ2v) is 7.57. The number of alkyl halides is 3. The molecule has 0 radical (unpaired) electrons. The lowest BCUT2D eigenvalue weighted by atomic mass is 10.2. The molecule has 0 saturated heterocycles. The standard InChI is InChI=1S/C21H14Cl2F3N5O/c22-14-2-1-3-15(23)18(14)31-20-29-16-7-4-11(8-17(16)30-20)19(32)28-10-13-6-5-12(9-27-13)21(24,25)26/h1-9H,10H2,(H,28,32)(H2,29,30,31). The van der Waals surface area contributed by atoms with E-state index < -0.39 is 17.6 Å². The summed E-state index contributed by atoms with van der Waals surface area (Å²) < 4.78 is 37.8. The minimum Gasteiger partial charge on any atom is -0.346 e. The molecule has 1 amide bonds. The highest BCUT2D eigenvalue weighted by Crippen LogP contribution is 2.32. The quantitative estimate of drug-likeness (QED) is 0.330. The average Bonchev–Trinajstić information content (AvgIpc) is 3.16. The van der Waals surface area contributed by atoms with Crippen molar-refractivity contribution in [1.29, 1.82) is 0 Å². The van der Waals surface area contributed by atoms with Gasteiger partial charge in [0.2, 0.25) is 5.95 Å². The number of hydrogen-bond acceptors (Lipinski definition) is 4. The molecular weight excluding hydrogens is 466 g/mol. The van der Waals surface area contributed by atoms with Crippen LogP contribution in [0.25, 0.3) is 11.0 Å². The van der Waals surface area contributed by atoms with Crippen molar-refractivity contribution in [3.63, 3.8) is 0 Å². The third kappa shape index (κ3) is 4.79. The highest BCUT2D eigenvalue weighted by molar-refractivity contribution is 6.39. The monoisotopic (exact) mass is 479 g/mol. The molecule has 0 spiro atoms. The number of aromatic nitrogens is 3. The topological polar surface area (TPSA) is 82.7 Å². The Balaban J connectivity index is 1.46. The zero-order valence-corrected chi connectivity index (χ0v) is 17.6. The average molecular weight is 480 g/mol. The van der Waals surface area contributed by atoms with E-state index in [4.69, 9.17) is 23.2 Å². The maximum Gasteiger partial charge on any atom is 0.417 e. The molecule has 0 unspecified atom stereocenters. The summed E-state index contributed by atoms with van der Waals surface area (Å²) in [4.78, 5) is 23.7. The predicted molar refractivity (Wildman–Crippen MR) is 116 cm³/mol. The van der Waals surface area contributed by atoms with Crippen molar-refractivity contribution in [2.24, 2.45) is 0 Å². The summed E-state index contributed by atoms with van der Waals surface area (Å²) in [6, 6.07) is 12.1. The number of anilines is 2. The molecule has 6 nitrogen and oxygen atoms in total. The normalized spacial score (nSPS) is 11.5. The van der Waals surface area contributed by atoms with Gasteiger partial charge >= 0.3 is 6.18 Å². The third-order valence-electron chi connectivity index (χ3n) is 4.53. The number of nitrogens with zero attached hydrogens (tertiary/aromatic N) is 2. The van der Waals surface area contributed by atoms with Crippen molar-refractivity contribution in [3.05, 3.63) is 81.6 Å². The Kier molecular flexibility index (Phi) is 5.94. The van der Waals surface area contributed by atoms with Gasteiger partial charge < -0.3 is 15.6 Å². The number of para-hydroxylation sites is 1. The van der Waals surface area contributed by atoms with Gasteiger partial charge in [-0.3, -0.25) is 9.78 Å². The van der Waals surface area contributed by atoms with Gasteiger partial charge in [0.05, 0.1) is 44.6 Å². The first-order valence-corrected chi connectivity index (χ1v) is 9.97. The molecule has 2 aromatic carbocycles. The van der Waals surface area contributed by atoms with E-state index in [9.17, 15) is 18.0 Å². The first-order chi connectivity index (χ1) is 15.2. The molecule has 164 valence electrons. The summed E-state index contributed by atoms with van der Waals surface area (Å²) in [6.07, 6.45) is -3.73. The van der Waals surface area contributed by atoms with Gasteiger partial charge in [-0.2, -0.15) is 13.2 Å². The van der Waals surface area contributed by atoms with Gasteiger partial charge in [-0.1, -0.05) is 29.3 Å². The largest absolute Gasteiger partial charge is 0.417 e. The fourth-order valence-corrected chi connectivity index (χ4v) is 3.40.